The summed E-state index contributed by atoms with van der Waals surface area (Å²) in [5.41, 5.74) is 4.26. The van der Waals surface area contributed by atoms with E-state index in [-0.39, 0.29) is 0 Å². The summed E-state index contributed by atoms with van der Waals surface area (Å²) in [4.78, 5) is 2.45. The first-order valence-electron chi connectivity index (χ1n) is 9.55. The zero-order valence-electron chi connectivity index (χ0n) is 15.9. The van der Waals surface area contributed by atoms with Crippen molar-refractivity contribution in [3.05, 3.63) is 76.2 Å². The van der Waals surface area contributed by atoms with Gasteiger partial charge in [0.05, 0.1) is 0 Å². The normalized spacial score (nSPS) is 16.0. The van der Waals surface area contributed by atoms with E-state index >= 15 is 0 Å². The first kappa shape index (κ1) is 19.8. The van der Waals surface area contributed by atoms with Crippen LogP contribution in [0.2, 0.25) is 0 Å². The van der Waals surface area contributed by atoms with Gasteiger partial charge in [0, 0.05) is 18.5 Å². The van der Waals surface area contributed by atoms with Crippen LogP contribution in [0.5, 0.6) is 0 Å². The minimum Gasteiger partial charge on any atom is -0.299 e. The van der Waals surface area contributed by atoms with E-state index in [0.29, 0.717) is 6.54 Å². The van der Waals surface area contributed by atoms with Gasteiger partial charge >= 0.3 is 0 Å². The molecule has 1 fully saturated rings. The monoisotopic (exact) mass is 384 g/mol. The Kier molecular flexibility index (Phi) is 6.83. The molecule has 0 saturated carbocycles. The van der Waals surface area contributed by atoms with E-state index in [1.165, 1.54) is 30.2 Å². The van der Waals surface area contributed by atoms with E-state index in [0.717, 1.165) is 36.3 Å². The lowest BCUT2D eigenvalue weighted by atomic mass is 10.1. The molecule has 0 atom stereocenters. The number of aryl methyl sites for hydroxylation is 1. The van der Waals surface area contributed by atoms with Crippen LogP contribution in [-0.2, 0) is 23.1 Å². The predicted molar refractivity (Wildman–Crippen MR) is 112 cm³/mol. The van der Waals surface area contributed by atoms with Crippen molar-refractivity contribution in [2.24, 2.45) is 0 Å². The van der Waals surface area contributed by atoms with Gasteiger partial charge in [-0.1, -0.05) is 60.5 Å². The molecule has 5 heteroatoms. The Bertz CT molecular complexity index is 867. The fourth-order valence-corrected chi connectivity index (χ4v) is 4.10. The van der Waals surface area contributed by atoms with E-state index < -0.39 is 10.0 Å². The third-order valence-corrected chi connectivity index (χ3v) is 5.98. The lowest BCUT2D eigenvalue weighted by Gasteiger charge is -2.27. The fraction of sp³-hybridized carbons (Fsp3) is 0.364. The molecule has 27 heavy (non-hydrogen) atoms. The number of sulfonamides is 1. The maximum absolute atomic E-state index is 12.3. The Balaban J connectivity index is 1.62. The highest BCUT2D eigenvalue weighted by atomic mass is 32.2. The molecular weight excluding hydrogens is 356 g/mol. The molecule has 2 aromatic rings. The van der Waals surface area contributed by atoms with Gasteiger partial charge in [-0.15, -0.1) is 0 Å². The summed E-state index contributed by atoms with van der Waals surface area (Å²) in [6.07, 6.45) is 5.43. The lowest BCUT2D eigenvalue weighted by molar-refractivity contribution is 0.220. The third-order valence-electron chi connectivity index (χ3n) is 4.94. The number of piperidine rings is 1. The number of rotatable bonds is 7. The van der Waals surface area contributed by atoms with Crippen molar-refractivity contribution in [3.63, 3.8) is 0 Å². The molecule has 0 unspecified atom stereocenters. The molecule has 0 radical (unpaired) electrons. The number of nitrogens with zero attached hydrogens (tertiary/aromatic N) is 1. The zero-order chi connectivity index (χ0) is 19.1. The van der Waals surface area contributed by atoms with Crippen LogP contribution in [0.1, 0.15) is 41.5 Å². The average molecular weight is 385 g/mol. The minimum absolute atomic E-state index is 0.310. The van der Waals surface area contributed by atoms with Crippen molar-refractivity contribution in [2.75, 3.05) is 13.1 Å². The number of hydrogen-bond acceptors (Lipinski definition) is 3. The Morgan fingerprint density at radius 2 is 1.63 bits per heavy atom. The molecule has 0 bridgehead atoms. The van der Waals surface area contributed by atoms with Gasteiger partial charge in [0.15, 0.2) is 0 Å². The molecule has 1 aliphatic heterocycles. The number of hydrogen-bond donors (Lipinski definition) is 1. The van der Waals surface area contributed by atoms with Crippen LogP contribution >= 0.6 is 0 Å². The van der Waals surface area contributed by atoms with E-state index in [2.05, 4.69) is 15.7 Å². The highest BCUT2D eigenvalue weighted by Gasteiger charge is 2.13. The standard InChI is InChI=1S/C22H28N2O2S/c1-19-9-11-20(12-10-19)13-16-27(25,26)23-17-21-7-3-4-8-22(21)18-24-14-5-2-6-15-24/h3-4,7-13,16,23H,2,5-6,14-15,17-18H2,1H3/b16-13+. The van der Waals surface area contributed by atoms with Gasteiger partial charge in [0.25, 0.3) is 0 Å². The van der Waals surface area contributed by atoms with Gasteiger partial charge in [-0.2, -0.15) is 0 Å². The number of benzene rings is 2. The van der Waals surface area contributed by atoms with Gasteiger partial charge in [-0.3, -0.25) is 4.90 Å². The van der Waals surface area contributed by atoms with E-state index in [1.807, 2.05) is 49.4 Å². The first-order chi connectivity index (χ1) is 13.0. The molecule has 1 saturated heterocycles. The molecule has 0 aromatic heterocycles. The van der Waals surface area contributed by atoms with E-state index in [9.17, 15) is 8.42 Å². The van der Waals surface area contributed by atoms with Crippen LogP contribution in [0.25, 0.3) is 6.08 Å². The Hall–Kier alpha value is -1.95. The quantitative estimate of drug-likeness (QED) is 0.783. The second kappa shape index (κ2) is 9.31. The van der Waals surface area contributed by atoms with E-state index in [1.54, 1.807) is 6.08 Å². The van der Waals surface area contributed by atoms with Crippen molar-refractivity contribution in [3.8, 4) is 0 Å². The second-order valence-corrected chi connectivity index (χ2v) is 8.84. The molecule has 0 spiro atoms. The Labute approximate surface area is 163 Å². The molecule has 3 rings (SSSR count). The first-order valence-corrected chi connectivity index (χ1v) is 11.1. The highest BCUT2D eigenvalue weighted by Crippen LogP contribution is 2.16. The fourth-order valence-electron chi connectivity index (χ4n) is 3.31. The lowest BCUT2D eigenvalue weighted by Crippen LogP contribution is -2.30. The van der Waals surface area contributed by atoms with Crippen LogP contribution in [0, 0.1) is 6.92 Å². The summed E-state index contributed by atoms with van der Waals surface area (Å²) >= 11 is 0. The van der Waals surface area contributed by atoms with Crippen molar-refractivity contribution in [2.45, 2.75) is 39.3 Å². The van der Waals surface area contributed by atoms with Crippen molar-refractivity contribution < 1.29 is 8.42 Å². The van der Waals surface area contributed by atoms with Crippen LogP contribution in [0.3, 0.4) is 0 Å². The molecule has 4 nitrogen and oxygen atoms in total. The largest absolute Gasteiger partial charge is 0.299 e. The smallest absolute Gasteiger partial charge is 0.234 e. The number of likely N-dealkylation sites (tertiary alicyclic amines) is 1. The summed E-state index contributed by atoms with van der Waals surface area (Å²) < 4.78 is 27.4. The summed E-state index contributed by atoms with van der Waals surface area (Å²) in [6.45, 7) is 5.45. The minimum atomic E-state index is -3.48. The van der Waals surface area contributed by atoms with Gasteiger partial charge in [0.2, 0.25) is 10.0 Å². The molecule has 0 aliphatic carbocycles. The molecule has 0 amide bonds. The average Bonchev–Trinajstić information content (AvgIpc) is 2.68. The summed E-state index contributed by atoms with van der Waals surface area (Å²) in [5, 5.41) is 1.24. The molecule has 1 heterocycles. The van der Waals surface area contributed by atoms with E-state index in [4.69, 9.17) is 0 Å². The molecule has 2 aromatic carbocycles. The Morgan fingerprint density at radius 1 is 0.963 bits per heavy atom. The van der Waals surface area contributed by atoms with Crippen LogP contribution in [0.15, 0.2) is 53.9 Å². The Morgan fingerprint density at radius 3 is 2.33 bits per heavy atom. The molecule has 1 aliphatic rings. The van der Waals surface area contributed by atoms with Crippen molar-refractivity contribution in [1.29, 1.82) is 0 Å². The van der Waals surface area contributed by atoms with Gasteiger partial charge in [-0.25, -0.2) is 13.1 Å². The van der Waals surface area contributed by atoms with Crippen LogP contribution in [-0.4, -0.2) is 26.4 Å². The molecular formula is C22H28N2O2S. The number of nitrogens with one attached hydrogen (secondary N) is 1. The van der Waals surface area contributed by atoms with Crippen LogP contribution < -0.4 is 4.72 Å². The second-order valence-electron chi connectivity index (χ2n) is 7.19. The summed E-state index contributed by atoms with van der Waals surface area (Å²) in [5.74, 6) is 0. The highest BCUT2D eigenvalue weighted by molar-refractivity contribution is 7.92. The van der Waals surface area contributed by atoms with Gasteiger partial charge < -0.3 is 0 Å². The van der Waals surface area contributed by atoms with Crippen molar-refractivity contribution >= 4 is 16.1 Å². The van der Waals surface area contributed by atoms with Gasteiger partial charge in [-0.05, 0) is 55.6 Å². The molecule has 1 N–H and O–H groups in total. The summed E-state index contributed by atoms with van der Waals surface area (Å²) in [6, 6.07) is 15.9. The summed E-state index contributed by atoms with van der Waals surface area (Å²) in [7, 11) is -3.48. The maximum atomic E-state index is 12.3. The topological polar surface area (TPSA) is 49.4 Å². The van der Waals surface area contributed by atoms with Gasteiger partial charge in [0.1, 0.15) is 0 Å². The third kappa shape index (κ3) is 6.31. The van der Waals surface area contributed by atoms with Crippen molar-refractivity contribution in [1.82, 2.24) is 9.62 Å². The van der Waals surface area contributed by atoms with Crippen LogP contribution in [0.4, 0.5) is 0 Å². The molecule has 144 valence electrons. The predicted octanol–water partition coefficient (Wildman–Crippen LogP) is 4.07. The SMILES string of the molecule is Cc1ccc(/C=C/S(=O)(=O)NCc2ccccc2CN2CCCCC2)cc1. The zero-order valence-corrected chi connectivity index (χ0v) is 16.7. The maximum Gasteiger partial charge on any atom is 0.234 e.